The number of carbonyl (C=O) groups excluding carboxylic acids is 1. The lowest BCUT2D eigenvalue weighted by Crippen LogP contribution is -2.34. The number of hydrogen-bond donors (Lipinski definition) is 2. The number of aromatic nitrogens is 2. The third-order valence-corrected chi connectivity index (χ3v) is 7.20. The van der Waals surface area contributed by atoms with Gasteiger partial charge in [-0.05, 0) is 92.9 Å². The fraction of sp³-hybridized carbons (Fsp3) is 0.429. The first kappa shape index (κ1) is 23.4. The van der Waals surface area contributed by atoms with E-state index in [4.69, 9.17) is 9.47 Å². The lowest BCUT2D eigenvalue weighted by Gasteiger charge is -2.32. The van der Waals surface area contributed by atoms with Crippen molar-refractivity contribution in [1.29, 1.82) is 0 Å². The molecule has 1 aliphatic heterocycles. The summed E-state index contributed by atoms with van der Waals surface area (Å²) in [6, 6.07) is 16.7. The Balaban J connectivity index is 1.13. The topological polar surface area (TPSA) is 79.5 Å². The number of ether oxygens (including phenoxy) is 2. The van der Waals surface area contributed by atoms with Gasteiger partial charge in [-0.25, -0.2) is 0 Å². The molecule has 184 valence electrons. The number of H-pyrrole nitrogens is 1. The van der Waals surface area contributed by atoms with Gasteiger partial charge in [-0.15, -0.1) is 0 Å². The first-order chi connectivity index (χ1) is 17.1. The summed E-state index contributed by atoms with van der Waals surface area (Å²) in [5, 5.41) is 10.2. The van der Waals surface area contributed by atoms with Gasteiger partial charge in [-0.1, -0.05) is 12.1 Å². The molecule has 0 atom stereocenters. The van der Waals surface area contributed by atoms with Crippen LogP contribution < -0.4 is 14.8 Å². The van der Waals surface area contributed by atoms with Gasteiger partial charge >= 0.3 is 0 Å². The third-order valence-electron chi connectivity index (χ3n) is 7.20. The van der Waals surface area contributed by atoms with Crippen molar-refractivity contribution in [3.05, 3.63) is 70.9 Å². The van der Waals surface area contributed by atoms with E-state index in [-0.39, 0.29) is 5.91 Å². The number of piperidine rings is 1. The van der Waals surface area contributed by atoms with Gasteiger partial charge in [0.2, 0.25) is 0 Å². The summed E-state index contributed by atoms with van der Waals surface area (Å²) in [5.74, 6) is 2.53. The van der Waals surface area contributed by atoms with Gasteiger partial charge < -0.3 is 19.7 Å². The van der Waals surface area contributed by atoms with Crippen molar-refractivity contribution in [3.63, 3.8) is 0 Å². The molecule has 0 bridgehead atoms. The number of methoxy groups -OCH3 is 2. The molecule has 7 nitrogen and oxygen atoms in total. The highest BCUT2D eigenvalue weighted by Gasteiger charge is 2.32. The summed E-state index contributed by atoms with van der Waals surface area (Å²) in [5.41, 5.74) is 4.06. The van der Waals surface area contributed by atoms with Crippen LogP contribution in [0.3, 0.4) is 0 Å². The quantitative estimate of drug-likeness (QED) is 0.465. The Morgan fingerprint density at radius 2 is 1.66 bits per heavy atom. The van der Waals surface area contributed by atoms with Crippen LogP contribution >= 0.6 is 0 Å². The van der Waals surface area contributed by atoms with Crippen molar-refractivity contribution in [3.8, 4) is 11.5 Å². The van der Waals surface area contributed by atoms with Crippen molar-refractivity contribution in [2.75, 3.05) is 32.6 Å². The van der Waals surface area contributed by atoms with Crippen molar-refractivity contribution in [2.24, 2.45) is 0 Å². The second-order valence-corrected chi connectivity index (χ2v) is 9.62. The van der Waals surface area contributed by atoms with E-state index in [1.165, 1.54) is 44.3 Å². The summed E-state index contributed by atoms with van der Waals surface area (Å²) in [7, 11) is 3.29. The van der Waals surface area contributed by atoms with E-state index in [0.717, 1.165) is 41.6 Å². The van der Waals surface area contributed by atoms with Crippen LogP contribution in [0.2, 0.25) is 0 Å². The fourth-order valence-corrected chi connectivity index (χ4v) is 4.98. The monoisotopic (exact) mass is 474 g/mol. The number of amides is 1. The van der Waals surface area contributed by atoms with E-state index in [2.05, 4.69) is 32.5 Å². The summed E-state index contributed by atoms with van der Waals surface area (Å²) in [6.45, 7) is 2.40. The average Bonchev–Trinajstić information content (AvgIpc) is 3.67. The molecular weight excluding hydrogens is 440 g/mol. The number of benzene rings is 2. The first-order valence-electron chi connectivity index (χ1n) is 12.5. The summed E-state index contributed by atoms with van der Waals surface area (Å²) >= 11 is 0. The minimum atomic E-state index is -0.143. The second kappa shape index (κ2) is 10.5. The largest absolute Gasteiger partial charge is 0.497 e. The van der Waals surface area contributed by atoms with Crippen LogP contribution in [0.4, 0.5) is 5.82 Å². The van der Waals surface area contributed by atoms with E-state index in [1.807, 2.05) is 36.4 Å². The highest BCUT2D eigenvalue weighted by molar-refractivity contribution is 6.03. The van der Waals surface area contributed by atoms with Crippen molar-refractivity contribution in [1.82, 2.24) is 15.1 Å². The molecule has 2 heterocycles. The standard InChI is InChI=1S/C28H34N4O3/c1-34-25-15-19(16-26(18-25)35-2)3-8-23-17-27(31-30-23)29-28(33)22-6-4-20(5-7-22)21-11-13-32(14-12-21)24-9-10-24/h4-7,15-18,21,24H,3,8-14H2,1-2H3,(H2,29,30,31,33). The van der Waals surface area contributed by atoms with E-state index in [9.17, 15) is 4.79 Å². The van der Waals surface area contributed by atoms with Crippen LogP contribution in [-0.4, -0.2) is 54.4 Å². The van der Waals surface area contributed by atoms with Crippen molar-refractivity contribution < 1.29 is 14.3 Å². The number of nitrogens with one attached hydrogen (secondary N) is 2. The van der Waals surface area contributed by atoms with Gasteiger partial charge in [0.25, 0.3) is 5.91 Å². The molecule has 1 saturated carbocycles. The molecule has 35 heavy (non-hydrogen) atoms. The Kier molecular flexibility index (Phi) is 7.04. The fourth-order valence-electron chi connectivity index (χ4n) is 4.98. The van der Waals surface area contributed by atoms with E-state index >= 15 is 0 Å². The van der Waals surface area contributed by atoms with Gasteiger partial charge in [0.15, 0.2) is 5.82 Å². The molecule has 1 aliphatic carbocycles. The molecule has 1 amide bonds. The smallest absolute Gasteiger partial charge is 0.256 e. The SMILES string of the molecule is COc1cc(CCc2cc(NC(=O)c3ccc(C4CCN(C5CC5)CC4)cc3)n[nH]2)cc(OC)c1. The molecule has 0 radical (unpaired) electrons. The molecule has 1 aromatic heterocycles. The Morgan fingerprint density at radius 3 is 2.29 bits per heavy atom. The summed E-state index contributed by atoms with van der Waals surface area (Å²) in [4.78, 5) is 15.4. The highest BCUT2D eigenvalue weighted by Crippen LogP contribution is 2.34. The van der Waals surface area contributed by atoms with E-state index in [1.54, 1.807) is 14.2 Å². The molecule has 0 spiro atoms. The van der Waals surface area contributed by atoms with Crippen LogP contribution in [0, 0.1) is 0 Å². The minimum absolute atomic E-state index is 0.143. The Morgan fingerprint density at radius 1 is 0.971 bits per heavy atom. The van der Waals surface area contributed by atoms with Gasteiger partial charge in [0, 0.05) is 29.4 Å². The normalized spacial score (nSPS) is 16.7. The van der Waals surface area contributed by atoms with E-state index in [0.29, 0.717) is 17.3 Å². The average molecular weight is 475 g/mol. The highest BCUT2D eigenvalue weighted by atomic mass is 16.5. The maximum absolute atomic E-state index is 12.8. The number of rotatable bonds is 9. The number of carbonyl (C=O) groups is 1. The van der Waals surface area contributed by atoms with Crippen LogP contribution in [0.5, 0.6) is 11.5 Å². The maximum Gasteiger partial charge on any atom is 0.256 e. The number of aromatic amines is 1. The molecule has 2 N–H and O–H groups in total. The minimum Gasteiger partial charge on any atom is -0.497 e. The van der Waals surface area contributed by atoms with Crippen molar-refractivity contribution in [2.45, 2.75) is 50.5 Å². The van der Waals surface area contributed by atoms with Gasteiger partial charge in [0.05, 0.1) is 14.2 Å². The second-order valence-electron chi connectivity index (χ2n) is 9.62. The van der Waals surface area contributed by atoms with Crippen LogP contribution in [0.25, 0.3) is 0 Å². The van der Waals surface area contributed by atoms with Crippen LogP contribution in [0.15, 0.2) is 48.5 Å². The van der Waals surface area contributed by atoms with Gasteiger partial charge in [-0.3, -0.25) is 9.89 Å². The zero-order valence-corrected chi connectivity index (χ0v) is 20.5. The molecular formula is C28H34N4O3. The number of hydrogen-bond acceptors (Lipinski definition) is 5. The predicted octanol–water partition coefficient (Wildman–Crippen LogP) is 4.81. The Hall–Kier alpha value is -3.32. The lowest BCUT2D eigenvalue weighted by molar-refractivity contribution is 0.102. The molecule has 2 aromatic carbocycles. The maximum atomic E-state index is 12.8. The van der Waals surface area contributed by atoms with Crippen molar-refractivity contribution >= 4 is 11.7 Å². The van der Waals surface area contributed by atoms with Crippen LogP contribution in [0.1, 0.15) is 58.8 Å². The Bertz CT molecular complexity index is 1120. The zero-order chi connectivity index (χ0) is 24.2. The molecule has 5 rings (SSSR count). The third kappa shape index (κ3) is 5.85. The Labute approximate surface area is 206 Å². The lowest BCUT2D eigenvalue weighted by atomic mass is 9.89. The van der Waals surface area contributed by atoms with Gasteiger partial charge in [-0.2, -0.15) is 5.10 Å². The molecule has 7 heteroatoms. The first-order valence-corrected chi connectivity index (χ1v) is 12.5. The van der Waals surface area contributed by atoms with Crippen LogP contribution in [-0.2, 0) is 12.8 Å². The summed E-state index contributed by atoms with van der Waals surface area (Å²) < 4.78 is 10.7. The summed E-state index contributed by atoms with van der Waals surface area (Å²) in [6.07, 6.45) is 6.73. The number of likely N-dealkylation sites (tertiary alicyclic amines) is 1. The predicted molar refractivity (Wildman–Crippen MR) is 137 cm³/mol. The number of aryl methyl sites for hydroxylation is 2. The zero-order valence-electron chi connectivity index (χ0n) is 20.5. The molecule has 2 fully saturated rings. The van der Waals surface area contributed by atoms with Gasteiger partial charge in [0.1, 0.15) is 11.5 Å². The molecule has 1 saturated heterocycles. The number of nitrogens with zero attached hydrogens (tertiary/aromatic N) is 2. The molecule has 3 aromatic rings. The van der Waals surface area contributed by atoms with E-state index < -0.39 is 0 Å². The molecule has 0 unspecified atom stereocenters. The number of anilines is 1. The molecule has 2 aliphatic rings.